The molecule has 3 nitrogen and oxygen atoms in total. The van der Waals surface area contributed by atoms with Crippen LogP contribution in [0.1, 0.15) is 31.2 Å². The lowest BCUT2D eigenvalue weighted by Gasteiger charge is -2.35. The van der Waals surface area contributed by atoms with Gasteiger partial charge in [-0.15, -0.1) is 0 Å². The second-order valence-corrected chi connectivity index (χ2v) is 6.31. The maximum atomic E-state index is 9.76. The summed E-state index contributed by atoms with van der Waals surface area (Å²) in [5.41, 5.74) is 2.88. The van der Waals surface area contributed by atoms with Crippen LogP contribution in [0.25, 0.3) is 0 Å². The Hall–Kier alpha value is -1.06. The molecule has 20 heavy (non-hydrogen) atoms. The zero-order valence-corrected chi connectivity index (χ0v) is 12.4. The summed E-state index contributed by atoms with van der Waals surface area (Å²) in [7, 11) is 2.00. The van der Waals surface area contributed by atoms with E-state index in [0.29, 0.717) is 5.92 Å². The highest BCUT2D eigenvalue weighted by atomic mass is 16.3. The van der Waals surface area contributed by atoms with Crippen molar-refractivity contribution >= 4 is 5.69 Å². The summed E-state index contributed by atoms with van der Waals surface area (Å²) in [5.74, 6) is 0.602. The van der Waals surface area contributed by atoms with Gasteiger partial charge in [-0.3, -0.25) is 0 Å². The summed E-state index contributed by atoms with van der Waals surface area (Å²) in [6, 6.07) is 8.76. The Morgan fingerprint density at radius 3 is 3.05 bits per heavy atom. The van der Waals surface area contributed by atoms with E-state index in [-0.39, 0.29) is 12.1 Å². The number of fused-ring (bicyclic) bond motifs is 1. The molecular formula is C17H26N2O. The van der Waals surface area contributed by atoms with Gasteiger partial charge in [-0.2, -0.15) is 0 Å². The molecule has 0 aromatic heterocycles. The van der Waals surface area contributed by atoms with E-state index >= 15 is 0 Å². The van der Waals surface area contributed by atoms with Crippen LogP contribution in [0.2, 0.25) is 0 Å². The molecule has 0 spiro atoms. The summed E-state index contributed by atoms with van der Waals surface area (Å²) >= 11 is 0. The van der Waals surface area contributed by atoms with Crippen LogP contribution in [0.15, 0.2) is 24.3 Å². The highest BCUT2D eigenvalue weighted by Gasteiger charge is 2.40. The number of para-hydroxylation sites is 1. The summed E-state index contributed by atoms with van der Waals surface area (Å²) in [6.07, 6.45) is 5.95. The van der Waals surface area contributed by atoms with Crippen LogP contribution in [-0.4, -0.2) is 37.4 Å². The summed E-state index contributed by atoms with van der Waals surface area (Å²) in [4.78, 5) is 2.52. The van der Waals surface area contributed by atoms with E-state index in [1.807, 2.05) is 7.05 Å². The minimum Gasteiger partial charge on any atom is -0.394 e. The molecule has 1 heterocycles. The number of anilines is 1. The number of aliphatic hydroxyl groups is 1. The Kier molecular flexibility index (Phi) is 3.99. The van der Waals surface area contributed by atoms with Crippen LogP contribution in [-0.2, 0) is 6.42 Å². The van der Waals surface area contributed by atoms with Gasteiger partial charge in [0.2, 0.25) is 0 Å². The first-order valence-corrected chi connectivity index (χ1v) is 7.92. The van der Waals surface area contributed by atoms with Gasteiger partial charge in [0.25, 0.3) is 0 Å². The van der Waals surface area contributed by atoms with Gasteiger partial charge in [0.15, 0.2) is 0 Å². The zero-order valence-electron chi connectivity index (χ0n) is 12.4. The first-order valence-electron chi connectivity index (χ1n) is 7.92. The SMILES string of the molecule is CNC1(CO)CCCC1CCN1CCc2ccccc21. The predicted octanol–water partition coefficient (Wildman–Crippen LogP) is 2.19. The number of nitrogens with zero attached hydrogens (tertiary/aromatic N) is 1. The van der Waals surface area contributed by atoms with E-state index in [9.17, 15) is 5.11 Å². The van der Waals surface area contributed by atoms with Gasteiger partial charge < -0.3 is 15.3 Å². The van der Waals surface area contributed by atoms with E-state index in [4.69, 9.17) is 0 Å². The van der Waals surface area contributed by atoms with Crippen LogP contribution in [0.3, 0.4) is 0 Å². The van der Waals surface area contributed by atoms with Gasteiger partial charge in [0.05, 0.1) is 6.61 Å². The van der Waals surface area contributed by atoms with Crippen molar-refractivity contribution in [1.29, 1.82) is 0 Å². The third kappa shape index (κ3) is 2.33. The lowest BCUT2D eigenvalue weighted by Crippen LogP contribution is -2.50. The molecule has 0 saturated heterocycles. The molecule has 3 rings (SSSR count). The average Bonchev–Trinajstić information content (AvgIpc) is 3.09. The Bertz CT molecular complexity index is 456. The lowest BCUT2D eigenvalue weighted by molar-refractivity contribution is 0.128. The van der Waals surface area contributed by atoms with Gasteiger partial charge in [0, 0.05) is 24.3 Å². The third-order valence-electron chi connectivity index (χ3n) is 5.47. The molecule has 2 N–H and O–H groups in total. The van der Waals surface area contributed by atoms with E-state index in [1.54, 1.807) is 0 Å². The molecule has 3 heteroatoms. The van der Waals surface area contributed by atoms with Gasteiger partial charge >= 0.3 is 0 Å². The Balaban J connectivity index is 1.63. The smallest absolute Gasteiger partial charge is 0.0615 e. The molecule has 1 aromatic carbocycles. The number of hydrogen-bond donors (Lipinski definition) is 2. The summed E-state index contributed by atoms with van der Waals surface area (Å²) in [6.45, 7) is 2.54. The van der Waals surface area contributed by atoms with Gasteiger partial charge in [-0.05, 0) is 50.3 Å². The molecule has 1 aromatic rings. The zero-order chi connectivity index (χ0) is 14.0. The molecule has 0 amide bonds. The molecule has 1 aliphatic carbocycles. The van der Waals surface area contributed by atoms with Crippen molar-refractivity contribution < 1.29 is 5.11 Å². The number of benzene rings is 1. The first-order chi connectivity index (χ1) is 9.79. The maximum Gasteiger partial charge on any atom is 0.0615 e. The quantitative estimate of drug-likeness (QED) is 0.864. The molecule has 2 unspecified atom stereocenters. The van der Waals surface area contributed by atoms with Crippen LogP contribution in [0.5, 0.6) is 0 Å². The number of hydrogen-bond acceptors (Lipinski definition) is 3. The Labute approximate surface area is 122 Å². The van der Waals surface area contributed by atoms with Crippen molar-refractivity contribution in [1.82, 2.24) is 5.32 Å². The van der Waals surface area contributed by atoms with Gasteiger partial charge in [-0.1, -0.05) is 24.6 Å². The molecular weight excluding hydrogens is 248 g/mol. The van der Waals surface area contributed by atoms with Crippen LogP contribution in [0.4, 0.5) is 5.69 Å². The van der Waals surface area contributed by atoms with E-state index in [1.165, 1.54) is 36.9 Å². The van der Waals surface area contributed by atoms with Crippen LogP contribution in [0, 0.1) is 5.92 Å². The molecule has 2 atom stereocenters. The fraction of sp³-hybridized carbons (Fsp3) is 0.647. The fourth-order valence-corrected chi connectivity index (χ4v) is 4.13. The summed E-state index contributed by atoms with van der Waals surface area (Å²) in [5, 5.41) is 13.2. The molecule has 2 aliphatic rings. The molecule has 1 fully saturated rings. The molecule has 1 saturated carbocycles. The number of aliphatic hydroxyl groups excluding tert-OH is 1. The normalized spacial score (nSPS) is 28.9. The molecule has 110 valence electrons. The molecule has 0 radical (unpaired) electrons. The Morgan fingerprint density at radius 2 is 2.25 bits per heavy atom. The van der Waals surface area contributed by atoms with Crippen molar-refractivity contribution in [2.75, 3.05) is 31.6 Å². The number of rotatable bonds is 5. The number of nitrogens with one attached hydrogen (secondary N) is 1. The minimum atomic E-state index is -0.0285. The highest BCUT2D eigenvalue weighted by molar-refractivity contribution is 5.57. The Morgan fingerprint density at radius 1 is 1.40 bits per heavy atom. The fourth-order valence-electron chi connectivity index (χ4n) is 4.13. The van der Waals surface area contributed by atoms with Crippen molar-refractivity contribution in [2.45, 2.75) is 37.6 Å². The monoisotopic (exact) mass is 274 g/mol. The predicted molar refractivity (Wildman–Crippen MR) is 83.2 cm³/mol. The average molecular weight is 274 g/mol. The summed E-state index contributed by atoms with van der Waals surface area (Å²) < 4.78 is 0. The van der Waals surface area contributed by atoms with Crippen molar-refractivity contribution in [3.8, 4) is 0 Å². The van der Waals surface area contributed by atoms with Crippen LogP contribution >= 0.6 is 0 Å². The standard InChI is InChI=1S/C17H26N2O/c1-18-17(13-20)10-4-6-15(17)9-12-19-11-8-14-5-2-3-7-16(14)19/h2-3,5,7,15,18,20H,4,6,8-13H2,1H3. The largest absolute Gasteiger partial charge is 0.394 e. The van der Waals surface area contributed by atoms with Crippen molar-refractivity contribution in [2.24, 2.45) is 5.92 Å². The van der Waals surface area contributed by atoms with Crippen molar-refractivity contribution in [3.05, 3.63) is 29.8 Å². The number of likely N-dealkylation sites (N-methyl/N-ethyl adjacent to an activating group) is 1. The van der Waals surface area contributed by atoms with E-state index in [2.05, 4.69) is 34.5 Å². The second-order valence-electron chi connectivity index (χ2n) is 6.31. The minimum absolute atomic E-state index is 0.0285. The molecule has 1 aliphatic heterocycles. The first kappa shape index (κ1) is 13.9. The van der Waals surface area contributed by atoms with E-state index < -0.39 is 0 Å². The lowest BCUT2D eigenvalue weighted by atomic mass is 9.85. The molecule has 0 bridgehead atoms. The van der Waals surface area contributed by atoms with E-state index in [0.717, 1.165) is 19.5 Å². The second kappa shape index (κ2) is 5.74. The topological polar surface area (TPSA) is 35.5 Å². The highest BCUT2D eigenvalue weighted by Crippen LogP contribution is 2.38. The van der Waals surface area contributed by atoms with Gasteiger partial charge in [-0.25, -0.2) is 0 Å². The van der Waals surface area contributed by atoms with Crippen LogP contribution < -0.4 is 10.2 Å². The maximum absolute atomic E-state index is 9.76. The third-order valence-corrected chi connectivity index (χ3v) is 5.47. The van der Waals surface area contributed by atoms with Gasteiger partial charge in [0.1, 0.15) is 0 Å². The van der Waals surface area contributed by atoms with Crippen molar-refractivity contribution in [3.63, 3.8) is 0 Å².